The van der Waals surface area contributed by atoms with Crippen LogP contribution in [0.1, 0.15) is 57.3 Å². The SMILES string of the molecule is CC(C)(C)[C@H](c1cc(-c2cc(F)ccc2F)cn1Cc1ccccc1)N(CCCNC(=O)OCC[Si](C)(C)C)C(=O)CSC[C@H](NC(=O)CCOCCOCCOCCOCCNC(=O)CN1C(=O)C=CC1=O)C(=O)NCCC(=O)O. The van der Waals surface area contributed by atoms with Crippen molar-refractivity contribution in [2.75, 3.05) is 104 Å². The number of hydrogen-bond donors (Lipinski definition) is 5. The first-order valence-electron chi connectivity index (χ1n) is 26.9. The van der Waals surface area contributed by atoms with Crippen LogP contribution >= 0.6 is 11.8 Å². The van der Waals surface area contributed by atoms with Crippen molar-refractivity contribution in [1.82, 2.24) is 35.6 Å². The number of benzene rings is 2. The number of carbonyl (C=O) groups is 8. The largest absolute Gasteiger partial charge is 0.481 e. The molecule has 21 nitrogen and oxygen atoms in total. The average molecular weight is 1170 g/mol. The standard InChI is InChI=1S/C56H79F2N7O14SSi/c1-56(2,3)53(46-33-41(43-34-42(57)13-14-44(43)58)36-63(46)35-40-11-8-7-9-12-40)64(22-10-19-61-55(74)79-31-32-81(4,5)6)51(70)39-80-38-45(54(73)60-20-17-52(71)72)62-47(66)18-23-75-25-27-77-29-30-78-28-26-76-24-21-59-48(67)37-65-49(68)15-16-50(65)69/h7-9,11-16,33-34,36,45,53H,10,17-32,35,37-39H2,1-6H3,(H,59,67)(H,60,73)(H,61,74)(H,62,66)(H,71,72)/t45-,53-/m0/s1. The van der Waals surface area contributed by atoms with Gasteiger partial charge in [0, 0.05) is 88.1 Å². The molecule has 1 aliphatic rings. The summed E-state index contributed by atoms with van der Waals surface area (Å²) in [7, 11) is -1.46. The molecule has 7 amide bonds. The molecule has 81 heavy (non-hydrogen) atoms. The first-order valence-corrected chi connectivity index (χ1v) is 31.8. The lowest BCUT2D eigenvalue weighted by molar-refractivity contribution is -0.141. The highest BCUT2D eigenvalue weighted by Gasteiger charge is 2.37. The third-order valence-electron chi connectivity index (χ3n) is 12.2. The maximum absolute atomic E-state index is 15.4. The molecule has 5 N–H and O–H groups in total. The summed E-state index contributed by atoms with van der Waals surface area (Å²) < 4.78 is 59.4. The number of carbonyl (C=O) groups excluding carboxylic acids is 7. The van der Waals surface area contributed by atoms with Crippen LogP contribution in [0.25, 0.3) is 11.1 Å². The molecule has 25 heteroatoms. The van der Waals surface area contributed by atoms with E-state index < -0.39 is 78.8 Å². The molecule has 1 aliphatic heterocycles. The Morgan fingerprint density at radius 1 is 0.753 bits per heavy atom. The van der Waals surface area contributed by atoms with E-state index in [9.17, 15) is 47.9 Å². The summed E-state index contributed by atoms with van der Waals surface area (Å²) >= 11 is 1.09. The molecule has 0 saturated heterocycles. The molecule has 2 atom stereocenters. The lowest BCUT2D eigenvalue weighted by atomic mass is 9.83. The monoisotopic (exact) mass is 1170 g/mol. The highest BCUT2D eigenvalue weighted by molar-refractivity contribution is 8.00. The number of carboxylic acids is 1. The summed E-state index contributed by atoms with van der Waals surface area (Å²) in [6.07, 6.45) is 3.20. The van der Waals surface area contributed by atoms with E-state index in [1.165, 1.54) is 0 Å². The summed E-state index contributed by atoms with van der Waals surface area (Å²) in [5.74, 6) is -5.71. The van der Waals surface area contributed by atoms with Crippen molar-refractivity contribution in [3.05, 3.63) is 95.8 Å². The zero-order valence-corrected chi connectivity index (χ0v) is 49.0. The smallest absolute Gasteiger partial charge is 0.407 e. The number of carboxylic acid groups (broad SMARTS) is 1. The van der Waals surface area contributed by atoms with E-state index >= 15 is 4.39 Å². The third-order valence-corrected chi connectivity index (χ3v) is 14.9. The van der Waals surface area contributed by atoms with Crippen LogP contribution in [0, 0.1) is 17.0 Å². The van der Waals surface area contributed by atoms with Crippen molar-refractivity contribution in [3.8, 4) is 11.1 Å². The van der Waals surface area contributed by atoms with E-state index in [2.05, 4.69) is 40.9 Å². The van der Waals surface area contributed by atoms with Crippen LogP contribution in [0.3, 0.4) is 0 Å². The number of ether oxygens (including phenoxy) is 5. The molecule has 0 aliphatic carbocycles. The normalized spacial score (nSPS) is 13.2. The fourth-order valence-corrected chi connectivity index (χ4v) is 9.78. The van der Waals surface area contributed by atoms with Gasteiger partial charge in [0.05, 0.1) is 77.7 Å². The Labute approximate surface area is 477 Å². The number of halogens is 2. The van der Waals surface area contributed by atoms with Crippen LogP contribution in [0.15, 0.2) is 72.9 Å². The minimum atomic E-state index is -1.46. The summed E-state index contributed by atoms with van der Waals surface area (Å²) in [6, 6.07) is 13.5. The van der Waals surface area contributed by atoms with E-state index in [0.29, 0.717) is 24.2 Å². The summed E-state index contributed by atoms with van der Waals surface area (Å²) in [5, 5.41) is 19.8. The van der Waals surface area contributed by atoms with Crippen molar-refractivity contribution in [2.45, 2.75) is 84.3 Å². The molecule has 0 fully saturated rings. The first-order chi connectivity index (χ1) is 38.5. The van der Waals surface area contributed by atoms with Gasteiger partial charge in [-0.1, -0.05) is 70.7 Å². The van der Waals surface area contributed by atoms with E-state index in [1.807, 2.05) is 55.7 Å². The Morgan fingerprint density at radius 2 is 1.40 bits per heavy atom. The minimum Gasteiger partial charge on any atom is -0.481 e. The Kier molecular flexibility index (Phi) is 28.7. The molecule has 4 rings (SSSR count). The molecule has 1 aromatic heterocycles. The van der Waals surface area contributed by atoms with Crippen molar-refractivity contribution >= 4 is 67.3 Å². The highest BCUT2D eigenvalue weighted by Crippen LogP contribution is 2.41. The summed E-state index contributed by atoms with van der Waals surface area (Å²) in [5.41, 5.74) is 1.32. The van der Waals surface area contributed by atoms with Crippen LogP contribution in [-0.4, -0.2) is 185 Å². The summed E-state index contributed by atoms with van der Waals surface area (Å²) in [6.45, 7) is 14.5. The van der Waals surface area contributed by atoms with Gasteiger partial charge in [-0.3, -0.25) is 38.5 Å². The molecule has 0 radical (unpaired) electrons. The number of aliphatic carboxylic acids is 1. The van der Waals surface area contributed by atoms with Crippen LogP contribution < -0.4 is 21.3 Å². The number of rotatable bonds is 38. The van der Waals surface area contributed by atoms with Crippen molar-refractivity contribution < 1.29 is 75.9 Å². The molecule has 2 aromatic carbocycles. The lowest BCUT2D eigenvalue weighted by Crippen LogP contribution is -2.49. The first kappa shape index (κ1) is 67.0. The topological polar surface area (TPSA) is 262 Å². The van der Waals surface area contributed by atoms with Gasteiger partial charge in [-0.15, -0.1) is 11.8 Å². The van der Waals surface area contributed by atoms with Gasteiger partial charge < -0.3 is 59.5 Å². The van der Waals surface area contributed by atoms with Gasteiger partial charge in [-0.05, 0) is 47.7 Å². The number of nitrogens with zero attached hydrogens (tertiary/aromatic N) is 3. The number of imide groups is 1. The van der Waals surface area contributed by atoms with Gasteiger partial charge in [0.2, 0.25) is 23.6 Å². The minimum absolute atomic E-state index is 0.0120. The number of thioether (sulfide) groups is 1. The number of hydrogen-bond acceptors (Lipinski definition) is 14. The van der Waals surface area contributed by atoms with Gasteiger partial charge in [0.15, 0.2) is 0 Å². The molecule has 0 unspecified atom stereocenters. The van der Waals surface area contributed by atoms with Crippen molar-refractivity contribution in [2.24, 2.45) is 5.41 Å². The van der Waals surface area contributed by atoms with Crippen LogP contribution in [0.5, 0.6) is 0 Å². The Morgan fingerprint density at radius 3 is 2.02 bits per heavy atom. The van der Waals surface area contributed by atoms with Crippen LogP contribution in [0.2, 0.25) is 25.7 Å². The van der Waals surface area contributed by atoms with Crippen molar-refractivity contribution in [3.63, 3.8) is 0 Å². The second kappa shape index (κ2) is 34.7. The van der Waals surface area contributed by atoms with Gasteiger partial charge in [0.1, 0.15) is 24.2 Å². The van der Waals surface area contributed by atoms with Gasteiger partial charge >= 0.3 is 12.1 Å². The Hall–Kier alpha value is -6.51. The molecule has 0 bridgehead atoms. The van der Waals surface area contributed by atoms with E-state index in [0.717, 1.165) is 58.6 Å². The van der Waals surface area contributed by atoms with Gasteiger partial charge in [-0.2, -0.15) is 0 Å². The van der Waals surface area contributed by atoms with Gasteiger partial charge in [0.25, 0.3) is 11.8 Å². The van der Waals surface area contributed by atoms with Crippen molar-refractivity contribution in [1.29, 1.82) is 0 Å². The number of amides is 7. The maximum Gasteiger partial charge on any atom is 0.407 e. The molecule has 3 aromatic rings. The number of nitrogens with one attached hydrogen (secondary N) is 4. The van der Waals surface area contributed by atoms with E-state index in [1.54, 1.807) is 17.2 Å². The second-order valence-electron chi connectivity index (χ2n) is 21.2. The molecule has 0 spiro atoms. The Balaban J connectivity index is 1.35. The zero-order valence-electron chi connectivity index (χ0n) is 47.2. The quantitative estimate of drug-likeness (QED) is 0.0282. The number of alkyl carbamates (subject to hydrolysis) is 1. The molecule has 446 valence electrons. The Bertz CT molecular complexity index is 2560. The predicted octanol–water partition coefficient (Wildman–Crippen LogP) is 5.16. The van der Waals surface area contributed by atoms with Crippen LogP contribution in [-0.2, 0) is 63.8 Å². The maximum atomic E-state index is 15.4. The molecule has 2 heterocycles. The number of aromatic nitrogens is 1. The zero-order chi connectivity index (χ0) is 59.4. The third kappa shape index (κ3) is 25.4. The van der Waals surface area contributed by atoms with E-state index in [-0.39, 0.29) is 128 Å². The predicted molar refractivity (Wildman–Crippen MR) is 303 cm³/mol. The van der Waals surface area contributed by atoms with Gasteiger partial charge in [-0.25, -0.2) is 13.6 Å². The fourth-order valence-electron chi connectivity index (χ4n) is 8.14. The summed E-state index contributed by atoms with van der Waals surface area (Å²) in [4.78, 5) is 103. The van der Waals surface area contributed by atoms with Crippen LogP contribution in [0.4, 0.5) is 13.6 Å². The molecular weight excluding hydrogens is 1090 g/mol. The average Bonchev–Trinajstić information content (AvgIpc) is 4.19. The lowest BCUT2D eigenvalue weighted by Gasteiger charge is -2.41. The second-order valence-corrected chi connectivity index (χ2v) is 27.8. The van der Waals surface area contributed by atoms with E-state index in [4.69, 9.17) is 23.7 Å². The fraction of sp³-hybridized carbons (Fsp3) is 0.536. The highest BCUT2D eigenvalue weighted by atomic mass is 32.2. The molecule has 0 saturated carbocycles. The molecular formula is C56H79F2N7O14SSi.